The van der Waals surface area contributed by atoms with Gasteiger partial charge in [-0.2, -0.15) is 0 Å². The van der Waals surface area contributed by atoms with Gasteiger partial charge in [0, 0.05) is 7.11 Å². The first-order valence-corrected chi connectivity index (χ1v) is 5.62. The van der Waals surface area contributed by atoms with Crippen LogP contribution in [-0.4, -0.2) is 34.3 Å². The second kappa shape index (κ2) is 5.03. The number of ether oxygens (including phenoxy) is 1. The van der Waals surface area contributed by atoms with Gasteiger partial charge in [0.2, 0.25) is 0 Å². The molecule has 0 atom stereocenters. The summed E-state index contributed by atoms with van der Waals surface area (Å²) in [4.78, 5) is 10.8. The zero-order chi connectivity index (χ0) is 11.4. The van der Waals surface area contributed by atoms with E-state index in [9.17, 15) is 4.79 Å². The molecule has 14 heavy (non-hydrogen) atoms. The van der Waals surface area contributed by atoms with Crippen molar-refractivity contribution in [2.75, 3.05) is 12.9 Å². The molecule has 1 N–H and O–H groups in total. The summed E-state index contributed by atoms with van der Waals surface area (Å²) in [6.07, 6.45) is 0.852. The maximum absolute atomic E-state index is 10.8. The smallest absolute Gasteiger partial charge is 0.319 e. The van der Waals surface area contributed by atoms with Crippen molar-refractivity contribution in [2.45, 2.75) is 44.5 Å². The van der Waals surface area contributed by atoms with Gasteiger partial charge < -0.3 is 9.84 Å². The highest BCUT2D eigenvalue weighted by Gasteiger charge is 2.28. The van der Waals surface area contributed by atoms with Gasteiger partial charge in [-0.1, -0.05) is 0 Å². The lowest BCUT2D eigenvalue weighted by molar-refractivity contribution is -0.138. The fourth-order valence-corrected chi connectivity index (χ4v) is 1.94. The predicted molar refractivity (Wildman–Crippen MR) is 59.9 cm³/mol. The summed E-state index contributed by atoms with van der Waals surface area (Å²) in [5.74, 6) is 0.0258. The Bertz CT molecular complexity index is 200. The van der Waals surface area contributed by atoms with Crippen LogP contribution in [0.1, 0.15) is 34.1 Å². The maximum atomic E-state index is 10.8. The molecule has 0 aliphatic heterocycles. The molecule has 0 saturated heterocycles. The summed E-state index contributed by atoms with van der Waals surface area (Å²) in [6.45, 7) is 7.45. The van der Waals surface area contributed by atoms with E-state index in [-0.39, 0.29) is 5.60 Å². The number of carbonyl (C=O) groups is 1. The Morgan fingerprint density at radius 3 is 2.21 bits per heavy atom. The first-order chi connectivity index (χ1) is 6.21. The lowest BCUT2D eigenvalue weighted by atomic mass is 10.1. The van der Waals surface area contributed by atoms with Gasteiger partial charge in [0.15, 0.2) is 0 Å². The van der Waals surface area contributed by atoms with E-state index in [1.165, 1.54) is 11.8 Å². The average Bonchev–Trinajstić information content (AvgIpc) is 2.03. The molecule has 0 bridgehead atoms. The molecule has 0 spiro atoms. The summed E-state index contributed by atoms with van der Waals surface area (Å²) in [7, 11) is 1.67. The zero-order valence-corrected chi connectivity index (χ0v) is 10.4. The normalized spacial score (nSPS) is 12.9. The first kappa shape index (κ1) is 13.8. The van der Waals surface area contributed by atoms with Gasteiger partial charge in [-0.25, -0.2) is 0 Å². The molecule has 84 valence electrons. The minimum absolute atomic E-state index is 0.165. The van der Waals surface area contributed by atoms with Crippen LogP contribution in [0.4, 0.5) is 0 Å². The monoisotopic (exact) mass is 220 g/mol. The molecule has 0 rings (SSSR count). The van der Waals surface area contributed by atoms with Crippen molar-refractivity contribution in [1.29, 1.82) is 0 Å². The second-order valence-corrected chi connectivity index (χ2v) is 6.10. The zero-order valence-electron chi connectivity index (χ0n) is 9.59. The molecule has 0 radical (unpaired) electrons. The topological polar surface area (TPSA) is 46.5 Å². The summed E-state index contributed by atoms with van der Waals surface area (Å²) in [5, 5.41) is 8.88. The highest BCUT2D eigenvalue weighted by Crippen LogP contribution is 2.27. The Morgan fingerprint density at radius 1 is 1.36 bits per heavy atom. The second-order valence-electron chi connectivity index (χ2n) is 4.38. The molecule has 0 aromatic carbocycles. The van der Waals surface area contributed by atoms with E-state index >= 15 is 0 Å². The number of carboxylic acids is 1. The number of rotatable bonds is 6. The number of hydrogen-bond acceptors (Lipinski definition) is 3. The van der Waals surface area contributed by atoms with Gasteiger partial charge >= 0.3 is 5.97 Å². The van der Waals surface area contributed by atoms with Crippen molar-refractivity contribution in [3.8, 4) is 0 Å². The molecule has 0 saturated carbocycles. The van der Waals surface area contributed by atoms with E-state index in [2.05, 4.69) is 0 Å². The number of aliphatic carboxylic acids is 1. The highest BCUT2D eigenvalue weighted by molar-refractivity contribution is 8.01. The number of methoxy groups -OCH3 is 1. The number of hydrogen-bond donors (Lipinski definition) is 1. The predicted octanol–water partition coefficient (Wildman–Crippen LogP) is 2.40. The lowest BCUT2D eigenvalue weighted by Crippen LogP contribution is -2.29. The van der Waals surface area contributed by atoms with Crippen molar-refractivity contribution in [3.63, 3.8) is 0 Å². The minimum atomic E-state index is -0.766. The van der Waals surface area contributed by atoms with Crippen LogP contribution in [0.3, 0.4) is 0 Å². The van der Waals surface area contributed by atoms with Gasteiger partial charge in [-0.05, 0) is 39.9 Å². The molecule has 0 heterocycles. The average molecular weight is 220 g/mol. The summed E-state index contributed by atoms with van der Waals surface area (Å²) in [6, 6.07) is 0. The Morgan fingerprint density at radius 2 is 1.86 bits per heavy atom. The van der Waals surface area contributed by atoms with Crippen LogP contribution in [0.2, 0.25) is 0 Å². The fourth-order valence-electron chi connectivity index (χ4n) is 0.716. The summed E-state index contributed by atoms with van der Waals surface area (Å²) < 4.78 is 4.55. The van der Waals surface area contributed by atoms with Crippen molar-refractivity contribution < 1.29 is 14.6 Å². The van der Waals surface area contributed by atoms with E-state index in [1.807, 2.05) is 13.8 Å². The largest absolute Gasteiger partial charge is 0.480 e. The molecule has 0 aliphatic rings. The van der Waals surface area contributed by atoms with Gasteiger partial charge in [0.1, 0.15) is 4.75 Å². The third-order valence-corrected chi connectivity index (χ3v) is 3.54. The van der Waals surface area contributed by atoms with Crippen LogP contribution in [0.15, 0.2) is 0 Å². The molecule has 3 nitrogen and oxygen atoms in total. The molecular weight excluding hydrogens is 200 g/mol. The van der Waals surface area contributed by atoms with Crippen molar-refractivity contribution >= 4 is 17.7 Å². The quantitative estimate of drug-likeness (QED) is 0.746. The Kier molecular flexibility index (Phi) is 4.95. The fraction of sp³-hybridized carbons (Fsp3) is 0.900. The van der Waals surface area contributed by atoms with E-state index in [0.29, 0.717) is 0 Å². The van der Waals surface area contributed by atoms with Crippen molar-refractivity contribution in [2.24, 2.45) is 0 Å². The molecule has 0 amide bonds. The SMILES string of the molecule is COC(C)(C)CCSC(C)(C)C(=O)O. The third-order valence-electron chi connectivity index (χ3n) is 2.23. The molecule has 0 aromatic heterocycles. The van der Waals surface area contributed by atoms with E-state index < -0.39 is 10.7 Å². The molecule has 0 aromatic rings. The van der Waals surface area contributed by atoms with Crippen molar-refractivity contribution in [3.05, 3.63) is 0 Å². The van der Waals surface area contributed by atoms with Gasteiger partial charge in [0.05, 0.1) is 5.60 Å². The molecule has 0 aliphatic carbocycles. The van der Waals surface area contributed by atoms with Gasteiger partial charge in [-0.3, -0.25) is 4.79 Å². The van der Waals surface area contributed by atoms with Crippen LogP contribution in [0.5, 0.6) is 0 Å². The summed E-state index contributed by atoms with van der Waals surface area (Å²) >= 11 is 1.45. The molecule has 4 heteroatoms. The van der Waals surface area contributed by atoms with Crippen LogP contribution < -0.4 is 0 Å². The summed E-state index contributed by atoms with van der Waals surface area (Å²) in [5.41, 5.74) is -0.165. The van der Waals surface area contributed by atoms with E-state index in [4.69, 9.17) is 9.84 Å². The Labute approximate surface area is 90.2 Å². The third kappa shape index (κ3) is 4.86. The number of carboxylic acid groups (broad SMARTS) is 1. The maximum Gasteiger partial charge on any atom is 0.319 e. The number of thioether (sulfide) groups is 1. The van der Waals surface area contributed by atoms with E-state index in [1.54, 1.807) is 21.0 Å². The standard InChI is InChI=1S/C10H20O3S/c1-9(2,13-5)6-7-14-10(3,4)8(11)12/h6-7H2,1-5H3,(H,11,12). The van der Waals surface area contributed by atoms with Gasteiger partial charge in [-0.15, -0.1) is 11.8 Å². The van der Waals surface area contributed by atoms with Gasteiger partial charge in [0.25, 0.3) is 0 Å². The Balaban J connectivity index is 3.91. The molecule has 0 fully saturated rings. The van der Waals surface area contributed by atoms with Crippen LogP contribution in [0, 0.1) is 0 Å². The Hall–Kier alpha value is -0.220. The minimum Gasteiger partial charge on any atom is -0.480 e. The lowest BCUT2D eigenvalue weighted by Gasteiger charge is -2.25. The highest BCUT2D eigenvalue weighted by atomic mass is 32.2. The van der Waals surface area contributed by atoms with Crippen LogP contribution in [0.25, 0.3) is 0 Å². The first-order valence-electron chi connectivity index (χ1n) is 4.64. The molecule has 0 unspecified atom stereocenters. The van der Waals surface area contributed by atoms with Crippen molar-refractivity contribution in [1.82, 2.24) is 0 Å². The molecular formula is C10H20O3S. The van der Waals surface area contributed by atoms with Crippen LogP contribution >= 0.6 is 11.8 Å². The van der Waals surface area contributed by atoms with Crippen LogP contribution in [-0.2, 0) is 9.53 Å². The van der Waals surface area contributed by atoms with E-state index in [0.717, 1.165) is 12.2 Å².